The van der Waals surface area contributed by atoms with Crippen molar-refractivity contribution in [2.45, 2.75) is 43.0 Å². The van der Waals surface area contributed by atoms with Crippen LogP contribution >= 0.6 is 11.8 Å². The van der Waals surface area contributed by atoms with Crippen LogP contribution in [0.5, 0.6) is 11.8 Å². The van der Waals surface area contributed by atoms with Gasteiger partial charge in [-0.3, -0.25) is 0 Å². The standard InChI is InChI=1S/C16H23N3O6S/c20-12-5-6-13(21)19(12)25-14(22)8-24-7-3-1-2-4-11-15-10(9-26-11)17-16(23)18-15/h5-6,10-11,15,20-21H,1-4,7-9H2,(H2,17,18,23). The molecule has 0 aromatic carbocycles. The number of unbranched alkanes of at least 4 members (excludes halogenated alkanes) is 2. The molecule has 2 aliphatic rings. The van der Waals surface area contributed by atoms with Crippen molar-refractivity contribution in [3.63, 3.8) is 0 Å². The third kappa shape index (κ3) is 4.55. The second kappa shape index (κ2) is 8.54. The molecule has 4 N–H and O–H groups in total. The van der Waals surface area contributed by atoms with Crippen LogP contribution in [0.2, 0.25) is 0 Å². The van der Waals surface area contributed by atoms with Gasteiger partial charge in [0.05, 0.1) is 12.1 Å². The minimum atomic E-state index is -0.704. The molecule has 0 aliphatic carbocycles. The number of urea groups is 1. The summed E-state index contributed by atoms with van der Waals surface area (Å²) in [4.78, 5) is 27.7. The molecular formula is C16H23N3O6S. The fraction of sp³-hybridized carbons (Fsp3) is 0.625. The maximum atomic E-state index is 11.6. The number of aromatic nitrogens is 1. The summed E-state index contributed by atoms with van der Waals surface area (Å²) in [5.41, 5.74) is 0. The molecule has 0 saturated carbocycles. The largest absolute Gasteiger partial charge is 0.492 e. The number of hydrogen-bond acceptors (Lipinski definition) is 7. The van der Waals surface area contributed by atoms with Gasteiger partial charge in [-0.15, -0.1) is 4.73 Å². The summed E-state index contributed by atoms with van der Waals surface area (Å²) in [6.45, 7) is 0.178. The van der Waals surface area contributed by atoms with Gasteiger partial charge in [-0.25, -0.2) is 9.59 Å². The Hall–Kier alpha value is -2.07. The molecule has 0 bridgehead atoms. The number of nitrogens with one attached hydrogen (secondary N) is 2. The van der Waals surface area contributed by atoms with Gasteiger partial charge in [-0.1, -0.05) is 12.8 Å². The first-order valence-electron chi connectivity index (χ1n) is 8.62. The zero-order valence-electron chi connectivity index (χ0n) is 14.2. The maximum Gasteiger partial charge on any atom is 0.358 e. The van der Waals surface area contributed by atoms with E-state index in [9.17, 15) is 19.8 Å². The molecule has 1 aromatic heterocycles. The molecule has 1 aromatic rings. The van der Waals surface area contributed by atoms with E-state index in [0.29, 0.717) is 16.6 Å². The van der Waals surface area contributed by atoms with Crippen LogP contribution in [-0.4, -0.2) is 63.2 Å². The van der Waals surface area contributed by atoms with Crippen LogP contribution in [0.1, 0.15) is 25.7 Å². The zero-order valence-corrected chi connectivity index (χ0v) is 15.0. The Morgan fingerprint density at radius 3 is 2.77 bits per heavy atom. The Bertz CT molecular complexity index is 632. The second-order valence-electron chi connectivity index (χ2n) is 6.33. The number of carbonyl (C=O) groups is 2. The van der Waals surface area contributed by atoms with Crippen molar-refractivity contribution in [2.75, 3.05) is 19.0 Å². The number of rotatable bonds is 9. The number of amides is 2. The summed E-state index contributed by atoms with van der Waals surface area (Å²) in [5.74, 6) is -0.469. The molecule has 10 heteroatoms. The zero-order chi connectivity index (χ0) is 18.5. The van der Waals surface area contributed by atoms with E-state index < -0.39 is 5.97 Å². The number of hydrogen-bond donors (Lipinski definition) is 4. The van der Waals surface area contributed by atoms with Crippen LogP contribution in [0.25, 0.3) is 0 Å². The molecule has 0 radical (unpaired) electrons. The molecule has 2 amide bonds. The van der Waals surface area contributed by atoms with Crippen LogP contribution in [-0.2, 0) is 9.53 Å². The highest BCUT2D eigenvalue weighted by Crippen LogP contribution is 2.33. The van der Waals surface area contributed by atoms with Crippen molar-refractivity contribution in [1.29, 1.82) is 0 Å². The third-order valence-electron chi connectivity index (χ3n) is 4.43. The van der Waals surface area contributed by atoms with E-state index in [1.54, 1.807) is 0 Å². The highest BCUT2D eigenvalue weighted by atomic mass is 32.2. The SMILES string of the molecule is O=C1NC2CSC(CCCCCOCC(=O)On3c(O)ccc3O)C2N1. The summed E-state index contributed by atoms with van der Waals surface area (Å²) in [7, 11) is 0. The number of nitrogens with zero attached hydrogens (tertiary/aromatic N) is 1. The minimum absolute atomic E-state index is 0.0628. The minimum Gasteiger partial charge on any atom is -0.492 e. The van der Waals surface area contributed by atoms with Gasteiger partial charge in [0.25, 0.3) is 0 Å². The fourth-order valence-corrected chi connectivity index (χ4v) is 4.69. The van der Waals surface area contributed by atoms with Crippen molar-refractivity contribution in [2.24, 2.45) is 0 Å². The van der Waals surface area contributed by atoms with Crippen molar-refractivity contribution >= 4 is 23.8 Å². The molecule has 3 heterocycles. The first-order valence-corrected chi connectivity index (χ1v) is 9.66. The Morgan fingerprint density at radius 2 is 2.00 bits per heavy atom. The first-order chi connectivity index (χ1) is 12.5. The smallest absolute Gasteiger partial charge is 0.358 e. The quantitative estimate of drug-likeness (QED) is 0.363. The van der Waals surface area contributed by atoms with Gasteiger partial charge < -0.3 is 30.4 Å². The van der Waals surface area contributed by atoms with Crippen molar-refractivity contribution in [3.8, 4) is 11.8 Å². The van der Waals surface area contributed by atoms with E-state index in [1.165, 1.54) is 12.1 Å². The van der Waals surface area contributed by atoms with Crippen molar-refractivity contribution in [1.82, 2.24) is 15.4 Å². The monoisotopic (exact) mass is 385 g/mol. The van der Waals surface area contributed by atoms with Gasteiger partial charge in [-0.05, 0) is 12.8 Å². The fourth-order valence-electron chi connectivity index (χ4n) is 3.15. The first kappa shape index (κ1) is 18.7. The Balaban J connectivity index is 1.23. The summed E-state index contributed by atoms with van der Waals surface area (Å²) >= 11 is 1.90. The molecule has 0 spiro atoms. The van der Waals surface area contributed by atoms with E-state index in [0.717, 1.165) is 31.4 Å². The molecule has 144 valence electrons. The van der Waals surface area contributed by atoms with Crippen molar-refractivity contribution < 1.29 is 29.4 Å². The van der Waals surface area contributed by atoms with E-state index >= 15 is 0 Å². The average Bonchev–Trinajstić information content (AvgIpc) is 3.24. The van der Waals surface area contributed by atoms with Gasteiger partial charge in [0.2, 0.25) is 11.8 Å². The lowest BCUT2D eigenvalue weighted by Crippen LogP contribution is -2.36. The van der Waals surface area contributed by atoms with Gasteiger partial charge >= 0.3 is 12.0 Å². The Morgan fingerprint density at radius 1 is 1.23 bits per heavy atom. The third-order valence-corrected chi connectivity index (χ3v) is 5.93. The number of carbonyl (C=O) groups excluding carboxylic acids is 2. The summed E-state index contributed by atoms with van der Waals surface area (Å²) in [5, 5.41) is 25.1. The van der Waals surface area contributed by atoms with E-state index in [2.05, 4.69) is 10.6 Å². The average molecular weight is 385 g/mol. The molecular weight excluding hydrogens is 362 g/mol. The molecule has 26 heavy (non-hydrogen) atoms. The summed E-state index contributed by atoms with van der Waals surface area (Å²) in [6, 6.07) is 2.85. The lowest BCUT2D eigenvalue weighted by Gasteiger charge is -2.16. The van der Waals surface area contributed by atoms with Crippen molar-refractivity contribution in [3.05, 3.63) is 12.1 Å². The second-order valence-corrected chi connectivity index (χ2v) is 7.60. The van der Waals surface area contributed by atoms with E-state index in [4.69, 9.17) is 9.57 Å². The number of ether oxygens (including phenoxy) is 1. The number of fused-ring (bicyclic) bond motifs is 1. The molecule has 2 saturated heterocycles. The van der Waals surface area contributed by atoms with Crippen LogP contribution in [0.3, 0.4) is 0 Å². The lowest BCUT2D eigenvalue weighted by molar-refractivity contribution is -0.150. The Labute approximate surface area is 155 Å². The molecule has 2 fully saturated rings. The predicted octanol–water partition coefficient (Wildman–Crippen LogP) is 0.597. The van der Waals surface area contributed by atoms with Gasteiger partial charge in [0.1, 0.15) is 6.61 Å². The maximum absolute atomic E-state index is 11.6. The number of aromatic hydroxyl groups is 2. The molecule has 3 rings (SSSR count). The molecule has 3 atom stereocenters. The topological polar surface area (TPSA) is 122 Å². The summed E-state index contributed by atoms with van der Waals surface area (Å²) < 4.78 is 5.89. The van der Waals surface area contributed by atoms with Crippen LogP contribution in [0.15, 0.2) is 12.1 Å². The summed E-state index contributed by atoms with van der Waals surface area (Å²) in [6.07, 6.45) is 3.88. The van der Waals surface area contributed by atoms with Gasteiger partial charge in [0, 0.05) is 29.7 Å². The Kier molecular flexibility index (Phi) is 6.15. The van der Waals surface area contributed by atoms with Gasteiger partial charge in [-0.2, -0.15) is 11.8 Å². The lowest BCUT2D eigenvalue weighted by atomic mass is 10.0. The predicted molar refractivity (Wildman–Crippen MR) is 94.1 cm³/mol. The van der Waals surface area contributed by atoms with Crippen LogP contribution in [0, 0.1) is 0 Å². The highest BCUT2D eigenvalue weighted by molar-refractivity contribution is 8.00. The van der Waals surface area contributed by atoms with Crippen LogP contribution < -0.4 is 15.5 Å². The van der Waals surface area contributed by atoms with Crippen LogP contribution in [0.4, 0.5) is 4.79 Å². The molecule has 9 nitrogen and oxygen atoms in total. The molecule has 2 aliphatic heterocycles. The number of thioether (sulfide) groups is 1. The highest BCUT2D eigenvalue weighted by Gasteiger charge is 2.42. The van der Waals surface area contributed by atoms with E-state index in [-0.39, 0.29) is 36.5 Å². The normalized spacial score (nSPS) is 24.2. The van der Waals surface area contributed by atoms with Gasteiger partial charge in [0.15, 0.2) is 0 Å². The van der Waals surface area contributed by atoms with E-state index in [1.807, 2.05) is 11.8 Å². The molecule has 3 unspecified atom stereocenters.